The molecule has 0 amide bonds. The number of carbonyl (C=O) groups excluding carboxylic acids is 1. The van der Waals surface area contributed by atoms with Crippen molar-refractivity contribution in [1.29, 1.82) is 0 Å². The smallest absolute Gasteiger partial charge is 0.138 e. The van der Waals surface area contributed by atoms with Crippen LogP contribution in [0, 0.1) is 11.8 Å². The number of hydrogen-bond acceptors (Lipinski definition) is 2. The highest BCUT2D eigenvalue weighted by Crippen LogP contribution is 2.13. The number of hydrogen-bond donors (Lipinski definition) is 1. The summed E-state index contributed by atoms with van der Waals surface area (Å²) in [5.41, 5.74) is 0. The van der Waals surface area contributed by atoms with Gasteiger partial charge in [-0.2, -0.15) is 0 Å². The summed E-state index contributed by atoms with van der Waals surface area (Å²) in [5, 5.41) is 8.65. The Kier molecular flexibility index (Phi) is 5.12. The number of Topliss-reactive ketones (excluding diaryl/α,β-unsaturated/α-hetero) is 1. The Bertz CT molecular complexity index is 119. The van der Waals surface area contributed by atoms with E-state index in [0.717, 1.165) is 6.42 Å². The topological polar surface area (TPSA) is 37.3 Å². The minimum atomic E-state index is 0.0694. The first-order chi connectivity index (χ1) is 5.13. The molecular formula is C9H18O2. The van der Waals surface area contributed by atoms with Crippen molar-refractivity contribution in [3.8, 4) is 0 Å². The van der Waals surface area contributed by atoms with E-state index in [1.807, 2.05) is 20.8 Å². The van der Waals surface area contributed by atoms with E-state index in [1.165, 1.54) is 0 Å². The largest absolute Gasteiger partial charge is 0.396 e. The molecule has 0 saturated heterocycles. The molecule has 2 heteroatoms. The number of carbonyl (C=O) groups is 1. The SMILES string of the molecule is CCC(CCO)C(=O)C(C)C. The second-order valence-electron chi connectivity index (χ2n) is 3.17. The first-order valence-corrected chi connectivity index (χ1v) is 4.28. The predicted molar refractivity (Wildman–Crippen MR) is 45.3 cm³/mol. The van der Waals surface area contributed by atoms with Crippen molar-refractivity contribution in [1.82, 2.24) is 0 Å². The minimum absolute atomic E-state index is 0.0694. The van der Waals surface area contributed by atoms with Gasteiger partial charge in [0.25, 0.3) is 0 Å². The Balaban J connectivity index is 3.92. The summed E-state index contributed by atoms with van der Waals surface area (Å²) < 4.78 is 0. The Morgan fingerprint density at radius 3 is 2.27 bits per heavy atom. The maximum absolute atomic E-state index is 11.4. The first kappa shape index (κ1) is 10.6. The van der Waals surface area contributed by atoms with Gasteiger partial charge in [-0.25, -0.2) is 0 Å². The van der Waals surface area contributed by atoms with Crippen molar-refractivity contribution in [2.45, 2.75) is 33.6 Å². The summed E-state index contributed by atoms with van der Waals surface area (Å²) in [4.78, 5) is 11.4. The highest BCUT2D eigenvalue weighted by molar-refractivity contribution is 5.82. The van der Waals surface area contributed by atoms with Crippen LogP contribution in [0.3, 0.4) is 0 Å². The molecule has 0 aliphatic heterocycles. The fourth-order valence-corrected chi connectivity index (χ4v) is 1.17. The van der Waals surface area contributed by atoms with Crippen LogP contribution < -0.4 is 0 Å². The summed E-state index contributed by atoms with van der Waals surface area (Å²) in [6, 6.07) is 0. The highest BCUT2D eigenvalue weighted by atomic mass is 16.3. The number of ketones is 1. The van der Waals surface area contributed by atoms with Crippen LogP contribution >= 0.6 is 0 Å². The van der Waals surface area contributed by atoms with E-state index in [2.05, 4.69) is 0 Å². The van der Waals surface area contributed by atoms with Crippen LogP contribution in [0.5, 0.6) is 0 Å². The Hall–Kier alpha value is -0.370. The summed E-state index contributed by atoms with van der Waals surface area (Å²) in [5.74, 6) is 0.452. The molecule has 0 spiro atoms. The fourth-order valence-electron chi connectivity index (χ4n) is 1.17. The van der Waals surface area contributed by atoms with Crippen LogP contribution in [0.1, 0.15) is 33.6 Å². The molecule has 0 aromatic heterocycles. The molecule has 1 N–H and O–H groups in total. The third-order valence-electron chi connectivity index (χ3n) is 1.94. The molecule has 0 saturated carbocycles. The van der Waals surface area contributed by atoms with E-state index < -0.39 is 0 Å². The molecule has 0 aromatic carbocycles. The number of rotatable bonds is 5. The van der Waals surface area contributed by atoms with Gasteiger partial charge in [0.1, 0.15) is 5.78 Å². The Morgan fingerprint density at radius 1 is 1.45 bits per heavy atom. The van der Waals surface area contributed by atoms with Crippen LogP contribution in [-0.4, -0.2) is 17.5 Å². The van der Waals surface area contributed by atoms with Gasteiger partial charge in [0.2, 0.25) is 0 Å². The summed E-state index contributed by atoms with van der Waals surface area (Å²) in [7, 11) is 0. The molecule has 11 heavy (non-hydrogen) atoms. The number of aliphatic hydroxyl groups is 1. The summed E-state index contributed by atoms with van der Waals surface area (Å²) in [6.45, 7) is 5.92. The zero-order chi connectivity index (χ0) is 8.85. The van der Waals surface area contributed by atoms with Gasteiger partial charge >= 0.3 is 0 Å². The zero-order valence-corrected chi connectivity index (χ0v) is 7.63. The molecule has 66 valence electrons. The van der Waals surface area contributed by atoms with E-state index in [9.17, 15) is 4.79 Å². The van der Waals surface area contributed by atoms with Crippen LogP contribution in [0.4, 0.5) is 0 Å². The van der Waals surface area contributed by atoms with E-state index in [1.54, 1.807) is 0 Å². The highest BCUT2D eigenvalue weighted by Gasteiger charge is 2.18. The second-order valence-corrected chi connectivity index (χ2v) is 3.17. The monoisotopic (exact) mass is 158 g/mol. The maximum atomic E-state index is 11.4. The van der Waals surface area contributed by atoms with Crippen LogP contribution in [-0.2, 0) is 4.79 Å². The normalized spacial score (nSPS) is 13.5. The standard InChI is InChI=1S/C9H18O2/c1-4-8(5-6-10)9(11)7(2)3/h7-8,10H,4-6H2,1-3H3. The molecule has 1 unspecified atom stereocenters. The lowest BCUT2D eigenvalue weighted by Crippen LogP contribution is -2.20. The third kappa shape index (κ3) is 3.51. The van der Waals surface area contributed by atoms with Crippen LogP contribution in [0.25, 0.3) is 0 Å². The first-order valence-electron chi connectivity index (χ1n) is 4.28. The lowest BCUT2D eigenvalue weighted by molar-refractivity contribution is -0.126. The van der Waals surface area contributed by atoms with Gasteiger partial charge in [-0.1, -0.05) is 20.8 Å². The van der Waals surface area contributed by atoms with Crippen molar-refractivity contribution in [3.63, 3.8) is 0 Å². The maximum Gasteiger partial charge on any atom is 0.138 e. The van der Waals surface area contributed by atoms with E-state index >= 15 is 0 Å². The molecule has 0 aliphatic rings. The summed E-state index contributed by atoms with van der Waals surface area (Å²) >= 11 is 0. The van der Waals surface area contributed by atoms with Crippen molar-refractivity contribution in [2.24, 2.45) is 11.8 Å². The molecular weight excluding hydrogens is 140 g/mol. The van der Waals surface area contributed by atoms with Gasteiger partial charge in [-0.05, 0) is 12.8 Å². The van der Waals surface area contributed by atoms with Crippen molar-refractivity contribution < 1.29 is 9.90 Å². The molecule has 0 aliphatic carbocycles. The van der Waals surface area contributed by atoms with Gasteiger partial charge in [0, 0.05) is 18.4 Å². The molecule has 1 atom stereocenters. The lowest BCUT2D eigenvalue weighted by Gasteiger charge is -2.13. The molecule has 0 rings (SSSR count). The predicted octanol–water partition coefficient (Wildman–Crippen LogP) is 1.62. The molecule has 0 aromatic rings. The van der Waals surface area contributed by atoms with Crippen molar-refractivity contribution >= 4 is 5.78 Å². The number of aliphatic hydroxyl groups excluding tert-OH is 1. The average molecular weight is 158 g/mol. The Labute approximate surface area is 68.6 Å². The lowest BCUT2D eigenvalue weighted by atomic mass is 9.91. The Morgan fingerprint density at radius 2 is 2.00 bits per heavy atom. The molecule has 2 nitrogen and oxygen atoms in total. The second kappa shape index (κ2) is 5.30. The van der Waals surface area contributed by atoms with Gasteiger partial charge in [0.05, 0.1) is 0 Å². The van der Waals surface area contributed by atoms with Crippen molar-refractivity contribution in [2.75, 3.05) is 6.61 Å². The van der Waals surface area contributed by atoms with E-state index in [-0.39, 0.29) is 24.2 Å². The fraction of sp³-hybridized carbons (Fsp3) is 0.889. The molecule has 0 heterocycles. The summed E-state index contributed by atoms with van der Waals surface area (Å²) in [6.07, 6.45) is 1.46. The quantitative estimate of drug-likeness (QED) is 0.660. The molecule has 0 fully saturated rings. The third-order valence-corrected chi connectivity index (χ3v) is 1.94. The van der Waals surface area contributed by atoms with Crippen LogP contribution in [0.2, 0.25) is 0 Å². The zero-order valence-electron chi connectivity index (χ0n) is 7.63. The minimum Gasteiger partial charge on any atom is -0.396 e. The molecule has 0 radical (unpaired) electrons. The van der Waals surface area contributed by atoms with Crippen molar-refractivity contribution in [3.05, 3.63) is 0 Å². The van der Waals surface area contributed by atoms with Gasteiger partial charge in [0.15, 0.2) is 0 Å². The van der Waals surface area contributed by atoms with Crippen LogP contribution in [0.15, 0.2) is 0 Å². The van der Waals surface area contributed by atoms with Gasteiger partial charge in [-0.15, -0.1) is 0 Å². The average Bonchev–Trinajstić information content (AvgIpc) is 1.98. The van der Waals surface area contributed by atoms with Gasteiger partial charge < -0.3 is 5.11 Å². The molecule has 0 bridgehead atoms. The van der Waals surface area contributed by atoms with E-state index in [4.69, 9.17) is 5.11 Å². The van der Waals surface area contributed by atoms with Gasteiger partial charge in [-0.3, -0.25) is 4.79 Å². The van der Waals surface area contributed by atoms with E-state index in [0.29, 0.717) is 6.42 Å².